The van der Waals surface area contributed by atoms with Gasteiger partial charge in [0.1, 0.15) is 12.4 Å². The molecule has 0 amide bonds. The van der Waals surface area contributed by atoms with Crippen LogP contribution in [0.3, 0.4) is 0 Å². The van der Waals surface area contributed by atoms with Crippen molar-refractivity contribution in [2.45, 2.75) is 25.3 Å². The van der Waals surface area contributed by atoms with Gasteiger partial charge in [0.05, 0.1) is 16.7 Å². The number of carboxylic acids is 1. The van der Waals surface area contributed by atoms with Crippen molar-refractivity contribution >= 4 is 22.2 Å². The molecule has 31 heavy (non-hydrogen) atoms. The van der Waals surface area contributed by atoms with Crippen molar-refractivity contribution in [1.29, 1.82) is 0 Å². The van der Waals surface area contributed by atoms with Gasteiger partial charge in [-0.05, 0) is 54.8 Å². The minimum atomic E-state index is -3.79. The number of carboxylic acid groups (broad SMARTS) is 1. The van der Waals surface area contributed by atoms with Gasteiger partial charge < -0.3 is 9.84 Å². The molecule has 0 aliphatic heterocycles. The first-order valence-electron chi connectivity index (χ1n) is 9.42. The van der Waals surface area contributed by atoms with Gasteiger partial charge in [-0.3, -0.25) is 0 Å². The number of nitrogens with zero attached hydrogens (tertiary/aromatic N) is 1. The van der Waals surface area contributed by atoms with Gasteiger partial charge in [0, 0.05) is 5.56 Å². The SMILES string of the molecule is Cc1ccc(C)c(S(=O)(=O)N/N=C/c2cccc(OCc3ccccc3C(=O)O)c2)c1. The number of aromatic carboxylic acids is 1. The van der Waals surface area contributed by atoms with Crippen molar-refractivity contribution in [1.82, 2.24) is 4.83 Å². The van der Waals surface area contributed by atoms with Crippen LogP contribution in [0.15, 0.2) is 76.7 Å². The van der Waals surface area contributed by atoms with Crippen molar-refractivity contribution in [3.63, 3.8) is 0 Å². The quantitative estimate of drug-likeness (QED) is 0.410. The average molecular weight is 439 g/mol. The maximum Gasteiger partial charge on any atom is 0.336 e. The molecule has 0 radical (unpaired) electrons. The molecule has 0 fully saturated rings. The van der Waals surface area contributed by atoms with Crippen LogP contribution in [0.5, 0.6) is 5.75 Å². The summed E-state index contributed by atoms with van der Waals surface area (Å²) in [6, 6.07) is 18.7. The average Bonchev–Trinajstić information content (AvgIpc) is 2.74. The third kappa shape index (κ3) is 5.70. The first-order valence-corrected chi connectivity index (χ1v) is 10.9. The van der Waals surface area contributed by atoms with Crippen LogP contribution in [-0.4, -0.2) is 25.7 Å². The molecule has 0 unspecified atom stereocenters. The predicted octanol–water partition coefficient (Wildman–Crippen LogP) is 3.89. The molecule has 3 rings (SSSR count). The number of ether oxygens (including phenoxy) is 1. The van der Waals surface area contributed by atoms with Crippen LogP contribution in [0.4, 0.5) is 0 Å². The summed E-state index contributed by atoms with van der Waals surface area (Å²) in [5, 5.41) is 13.1. The zero-order valence-corrected chi connectivity index (χ0v) is 17.9. The molecule has 2 N–H and O–H groups in total. The second-order valence-corrected chi connectivity index (χ2v) is 8.57. The Balaban J connectivity index is 1.69. The Hall–Kier alpha value is -3.65. The number of hydrogen-bond acceptors (Lipinski definition) is 5. The number of rotatable bonds is 8. The molecular formula is C23H22N2O5S. The van der Waals surface area contributed by atoms with Gasteiger partial charge in [0.15, 0.2) is 0 Å². The van der Waals surface area contributed by atoms with Crippen LogP contribution in [0, 0.1) is 13.8 Å². The van der Waals surface area contributed by atoms with Gasteiger partial charge in [0.25, 0.3) is 10.0 Å². The van der Waals surface area contributed by atoms with E-state index < -0.39 is 16.0 Å². The highest BCUT2D eigenvalue weighted by Crippen LogP contribution is 2.18. The summed E-state index contributed by atoms with van der Waals surface area (Å²) in [5.41, 5.74) is 2.82. The first kappa shape index (κ1) is 22.0. The van der Waals surface area contributed by atoms with Crippen molar-refractivity contribution in [2.24, 2.45) is 5.10 Å². The molecule has 3 aromatic carbocycles. The van der Waals surface area contributed by atoms with Crippen molar-refractivity contribution < 1.29 is 23.1 Å². The second-order valence-electron chi connectivity index (χ2n) is 6.95. The van der Waals surface area contributed by atoms with Crippen LogP contribution in [-0.2, 0) is 16.6 Å². The minimum absolute atomic E-state index is 0.0856. The summed E-state index contributed by atoms with van der Waals surface area (Å²) < 4.78 is 30.7. The minimum Gasteiger partial charge on any atom is -0.489 e. The number of hydrogen-bond donors (Lipinski definition) is 2. The van der Waals surface area contributed by atoms with Crippen molar-refractivity contribution in [3.05, 3.63) is 94.5 Å². The van der Waals surface area contributed by atoms with E-state index in [9.17, 15) is 18.3 Å². The molecule has 0 aliphatic carbocycles. The third-order valence-electron chi connectivity index (χ3n) is 4.52. The molecule has 0 aliphatic rings. The zero-order valence-electron chi connectivity index (χ0n) is 17.1. The number of benzene rings is 3. The maximum atomic E-state index is 12.5. The molecule has 0 heterocycles. The van der Waals surface area contributed by atoms with Gasteiger partial charge >= 0.3 is 5.97 Å². The Morgan fingerprint density at radius 2 is 1.84 bits per heavy atom. The standard InChI is InChI=1S/C23H22N2O5S/c1-16-10-11-17(2)22(12-16)31(28,29)25-24-14-18-6-5-8-20(13-18)30-15-19-7-3-4-9-21(19)23(26)27/h3-14,25H,15H2,1-2H3,(H,26,27)/b24-14+. The van der Waals surface area contributed by atoms with Gasteiger partial charge in [-0.2, -0.15) is 13.5 Å². The van der Waals surface area contributed by atoms with Crippen LogP contribution in [0.2, 0.25) is 0 Å². The van der Waals surface area contributed by atoms with E-state index in [0.29, 0.717) is 22.4 Å². The highest BCUT2D eigenvalue weighted by molar-refractivity contribution is 7.89. The van der Waals surface area contributed by atoms with E-state index in [4.69, 9.17) is 4.74 Å². The topological polar surface area (TPSA) is 105 Å². The lowest BCUT2D eigenvalue weighted by atomic mass is 10.1. The van der Waals surface area contributed by atoms with E-state index in [0.717, 1.165) is 5.56 Å². The van der Waals surface area contributed by atoms with Crippen LogP contribution in [0.1, 0.15) is 32.6 Å². The fraction of sp³-hybridized carbons (Fsp3) is 0.130. The van der Waals surface area contributed by atoms with Crippen LogP contribution >= 0.6 is 0 Å². The molecule has 0 bridgehead atoms. The molecule has 0 atom stereocenters. The Morgan fingerprint density at radius 3 is 2.61 bits per heavy atom. The fourth-order valence-corrected chi connectivity index (χ4v) is 4.04. The highest BCUT2D eigenvalue weighted by atomic mass is 32.2. The summed E-state index contributed by atoms with van der Waals surface area (Å²) in [4.78, 5) is 13.7. The Kier molecular flexibility index (Phi) is 6.71. The molecule has 8 heteroatoms. The number of aryl methyl sites for hydroxylation is 2. The fourth-order valence-electron chi connectivity index (χ4n) is 2.92. The van der Waals surface area contributed by atoms with Gasteiger partial charge in [-0.15, -0.1) is 0 Å². The maximum absolute atomic E-state index is 12.5. The molecular weight excluding hydrogens is 416 g/mol. The third-order valence-corrected chi connectivity index (χ3v) is 5.88. The number of sulfonamides is 1. The molecule has 0 saturated carbocycles. The summed E-state index contributed by atoms with van der Waals surface area (Å²) in [6.45, 7) is 3.63. The van der Waals surface area contributed by atoms with Gasteiger partial charge in [0.2, 0.25) is 0 Å². The predicted molar refractivity (Wildman–Crippen MR) is 118 cm³/mol. The van der Waals surface area contributed by atoms with E-state index in [1.165, 1.54) is 12.3 Å². The van der Waals surface area contributed by atoms with E-state index >= 15 is 0 Å². The monoisotopic (exact) mass is 438 g/mol. The molecule has 0 aromatic heterocycles. The van der Waals surface area contributed by atoms with E-state index in [1.54, 1.807) is 61.5 Å². The first-order chi connectivity index (χ1) is 14.8. The summed E-state index contributed by atoms with van der Waals surface area (Å²) in [5.74, 6) is -0.516. The van der Waals surface area contributed by atoms with Crippen molar-refractivity contribution in [3.8, 4) is 5.75 Å². The summed E-state index contributed by atoms with van der Waals surface area (Å²) in [7, 11) is -3.79. The van der Waals surface area contributed by atoms with Gasteiger partial charge in [-0.1, -0.05) is 42.5 Å². The molecule has 3 aromatic rings. The highest BCUT2D eigenvalue weighted by Gasteiger charge is 2.15. The van der Waals surface area contributed by atoms with Crippen LogP contribution in [0.25, 0.3) is 0 Å². The van der Waals surface area contributed by atoms with E-state index in [-0.39, 0.29) is 17.1 Å². The Morgan fingerprint density at radius 1 is 1.06 bits per heavy atom. The normalized spacial score (nSPS) is 11.4. The number of hydrazone groups is 1. The lowest BCUT2D eigenvalue weighted by molar-refractivity contribution is 0.0694. The van der Waals surface area contributed by atoms with E-state index in [1.807, 2.05) is 13.0 Å². The van der Waals surface area contributed by atoms with E-state index in [2.05, 4.69) is 9.93 Å². The summed E-state index contributed by atoms with van der Waals surface area (Å²) >= 11 is 0. The molecule has 0 spiro atoms. The lowest BCUT2D eigenvalue weighted by Gasteiger charge is -2.09. The number of carbonyl (C=O) groups is 1. The second kappa shape index (κ2) is 9.44. The zero-order chi connectivity index (χ0) is 22.4. The lowest BCUT2D eigenvalue weighted by Crippen LogP contribution is -2.19. The van der Waals surface area contributed by atoms with Crippen molar-refractivity contribution in [2.75, 3.05) is 0 Å². The largest absolute Gasteiger partial charge is 0.489 e. The molecule has 0 saturated heterocycles. The summed E-state index contributed by atoms with van der Waals surface area (Å²) in [6.07, 6.45) is 1.38. The number of nitrogens with one attached hydrogen (secondary N) is 1. The molecule has 7 nitrogen and oxygen atoms in total. The van der Waals surface area contributed by atoms with Crippen LogP contribution < -0.4 is 9.57 Å². The molecule has 160 valence electrons. The van der Waals surface area contributed by atoms with Gasteiger partial charge in [-0.25, -0.2) is 9.63 Å². The Labute approximate surface area is 181 Å². The smallest absolute Gasteiger partial charge is 0.336 e. The Bertz CT molecular complexity index is 1240.